The number of amides is 1. The summed E-state index contributed by atoms with van der Waals surface area (Å²) in [7, 11) is 0. The standard InChI is InChI=1S/C20H18BrFN4O2/c21-13-7-8-15(14(22)10-13)24-19(27)12-4-3-9-26(11-12)18-20(28)25-17-6-2-1-5-16(17)23-18/h1-2,5-8,10,12H,3-4,9,11H2,(H,24,27)(H,25,28). The highest BCUT2D eigenvalue weighted by Crippen LogP contribution is 2.24. The first-order valence-corrected chi connectivity index (χ1v) is 9.80. The number of rotatable bonds is 3. The van der Waals surface area contributed by atoms with E-state index in [0.29, 0.717) is 40.8 Å². The average molecular weight is 445 g/mol. The van der Waals surface area contributed by atoms with Crippen molar-refractivity contribution in [1.29, 1.82) is 0 Å². The van der Waals surface area contributed by atoms with Gasteiger partial charge < -0.3 is 15.2 Å². The predicted octanol–water partition coefficient (Wildman–Crippen LogP) is 3.68. The Morgan fingerprint density at radius 1 is 1.29 bits per heavy atom. The molecule has 4 rings (SSSR count). The summed E-state index contributed by atoms with van der Waals surface area (Å²) >= 11 is 3.20. The third-order valence-electron chi connectivity index (χ3n) is 4.86. The van der Waals surface area contributed by atoms with Gasteiger partial charge in [0.05, 0.1) is 22.6 Å². The maximum atomic E-state index is 14.0. The molecule has 2 heterocycles. The van der Waals surface area contributed by atoms with Crippen LogP contribution in [0.1, 0.15) is 12.8 Å². The number of hydrogen-bond acceptors (Lipinski definition) is 4. The number of para-hydroxylation sites is 2. The van der Waals surface area contributed by atoms with Crippen LogP contribution in [0.2, 0.25) is 0 Å². The Bertz CT molecular complexity index is 1100. The number of carbonyl (C=O) groups excluding carboxylic acids is 1. The molecule has 1 atom stereocenters. The molecular formula is C20H18BrFN4O2. The fraction of sp³-hybridized carbons (Fsp3) is 0.250. The third kappa shape index (κ3) is 3.77. The molecule has 0 saturated carbocycles. The normalized spacial score (nSPS) is 16.9. The van der Waals surface area contributed by atoms with E-state index in [-0.39, 0.29) is 23.1 Å². The van der Waals surface area contributed by atoms with E-state index in [1.807, 2.05) is 23.1 Å². The van der Waals surface area contributed by atoms with Crippen LogP contribution in [0.3, 0.4) is 0 Å². The zero-order chi connectivity index (χ0) is 19.7. The van der Waals surface area contributed by atoms with E-state index in [1.54, 1.807) is 12.1 Å². The second-order valence-electron chi connectivity index (χ2n) is 6.81. The molecule has 8 heteroatoms. The molecule has 1 aliphatic heterocycles. The van der Waals surface area contributed by atoms with Gasteiger partial charge in [-0.25, -0.2) is 9.37 Å². The van der Waals surface area contributed by atoms with Crippen molar-refractivity contribution in [2.45, 2.75) is 12.8 Å². The molecule has 2 aromatic carbocycles. The lowest BCUT2D eigenvalue weighted by molar-refractivity contribution is -0.120. The van der Waals surface area contributed by atoms with Gasteiger partial charge in [0.15, 0.2) is 5.82 Å². The van der Waals surface area contributed by atoms with Crippen LogP contribution in [0, 0.1) is 11.7 Å². The van der Waals surface area contributed by atoms with Crippen LogP contribution < -0.4 is 15.8 Å². The van der Waals surface area contributed by atoms with Gasteiger partial charge in [-0.3, -0.25) is 9.59 Å². The highest BCUT2D eigenvalue weighted by molar-refractivity contribution is 9.10. The molecule has 1 aromatic heterocycles. The van der Waals surface area contributed by atoms with Crippen LogP contribution in [0.15, 0.2) is 51.7 Å². The number of piperidine rings is 1. The molecule has 0 spiro atoms. The number of H-pyrrole nitrogens is 1. The molecule has 0 bridgehead atoms. The van der Waals surface area contributed by atoms with Crippen molar-refractivity contribution >= 4 is 44.4 Å². The first-order valence-electron chi connectivity index (χ1n) is 9.01. The van der Waals surface area contributed by atoms with E-state index < -0.39 is 5.82 Å². The van der Waals surface area contributed by atoms with Crippen molar-refractivity contribution in [3.63, 3.8) is 0 Å². The van der Waals surface area contributed by atoms with Gasteiger partial charge in [-0.1, -0.05) is 28.1 Å². The van der Waals surface area contributed by atoms with Gasteiger partial charge in [0.25, 0.3) is 5.56 Å². The molecule has 1 fully saturated rings. The predicted molar refractivity (Wildman–Crippen MR) is 110 cm³/mol. The van der Waals surface area contributed by atoms with Crippen molar-refractivity contribution in [1.82, 2.24) is 9.97 Å². The molecule has 0 aliphatic carbocycles. The number of nitrogens with one attached hydrogen (secondary N) is 2. The van der Waals surface area contributed by atoms with Crippen molar-refractivity contribution in [2.24, 2.45) is 5.92 Å². The number of anilines is 2. The second-order valence-corrected chi connectivity index (χ2v) is 7.72. The maximum absolute atomic E-state index is 14.0. The van der Waals surface area contributed by atoms with E-state index in [9.17, 15) is 14.0 Å². The summed E-state index contributed by atoms with van der Waals surface area (Å²) in [5, 5.41) is 2.66. The SMILES string of the molecule is O=C(Nc1ccc(Br)cc1F)C1CCCN(c2nc3ccccc3[nH]c2=O)C1. The number of fused-ring (bicyclic) bond motifs is 1. The van der Waals surface area contributed by atoms with E-state index in [4.69, 9.17) is 0 Å². The van der Waals surface area contributed by atoms with Crippen LogP contribution in [-0.2, 0) is 4.79 Å². The van der Waals surface area contributed by atoms with E-state index in [2.05, 4.69) is 31.2 Å². The van der Waals surface area contributed by atoms with Gasteiger partial charge in [0, 0.05) is 17.6 Å². The molecule has 1 saturated heterocycles. The number of hydrogen-bond donors (Lipinski definition) is 2. The van der Waals surface area contributed by atoms with E-state index >= 15 is 0 Å². The van der Waals surface area contributed by atoms with Crippen molar-refractivity contribution in [2.75, 3.05) is 23.3 Å². The topological polar surface area (TPSA) is 78.1 Å². The number of benzene rings is 2. The monoisotopic (exact) mass is 444 g/mol. The molecule has 3 aromatic rings. The molecule has 2 N–H and O–H groups in total. The van der Waals surface area contributed by atoms with E-state index in [0.717, 1.165) is 6.42 Å². The highest BCUT2D eigenvalue weighted by atomic mass is 79.9. The zero-order valence-electron chi connectivity index (χ0n) is 14.9. The summed E-state index contributed by atoms with van der Waals surface area (Å²) in [5.41, 5.74) is 1.24. The molecule has 28 heavy (non-hydrogen) atoms. The molecule has 1 amide bonds. The third-order valence-corrected chi connectivity index (χ3v) is 5.36. The van der Waals surface area contributed by atoms with Crippen molar-refractivity contribution in [3.8, 4) is 0 Å². The Labute approximate surface area is 168 Å². The van der Waals surface area contributed by atoms with Crippen LogP contribution >= 0.6 is 15.9 Å². The molecular weight excluding hydrogens is 427 g/mol. The van der Waals surface area contributed by atoms with Gasteiger partial charge >= 0.3 is 0 Å². The summed E-state index contributed by atoms with van der Waals surface area (Å²) in [6.07, 6.45) is 1.42. The smallest absolute Gasteiger partial charge is 0.291 e. The van der Waals surface area contributed by atoms with Crippen molar-refractivity contribution < 1.29 is 9.18 Å². The first-order chi connectivity index (χ1) is 13.5. The molecule has 144 valence electrons. The summed E-state index contributed by atoms with van der Waals surface area (Å²) in [4.78, 5) is 34.3. The lowest BCUT2D eigenvalue weighted by atomic mass is 9.97. The number of carbonyl (C=O) groups is 1. The minimum atomic E-state index is -0.497. The van der Waals surface area contributed by atoms with Gasteiger partial charge in [0.2, 0.25) is 5.91 Å². The van der Waals surface area contributed by atoms with Crippen LogP contribution in [0.4, 0.5) is 15.9 Å². The van der Waals surface area contributed by atoms with Gasteiger partial charge in [-0.15, -0.1) is 0 Å². The molecule has 0 radical (unpaired) electrons. The number of halogens is 2. The Hall–Kier alpha value is -2.74. The fourth-order valence-corrected chi connectivity index (χ4v) is 3.78. The number of aromatic nitrogens is 2. The molecule has 1 unspecified atom stereocenters. The second kappa shape index (κ2) is 7.71. The highest BCUT2D eigenvalue weighted by Gasteiger charge is 2.28. The Morgan fingerprint density at radius 3 is 2.93 bits per heavy atom. The quantitative estimate of drug-likeness (QED) is 0.645. The molecule has 6 nitrogen and oxygen atoms in total. The van der Waals surface area contributed by atoms with Crippen LogP contribution in [0.5, 0.6) is 0 Å². The fourth-order valence-electron chi connectivity index (χ4n) is 3.44. The largest absolute Gasteiger partial charge is 0.351 e. The Kier molecular flexibility index (Phi) is 5.13. The zero-order valence-corrected chi connectivity index (χ0v) is 16.5. The lowest BCUT2D eigenvalue weighted by Gasteiger charge is -2.32. The first kappa shape index (κ1) is 18.6. The number of aromatic amines is 1. The van der Waals surface area contributed by atoms with Crippen molar-refractivity contribution in [3.05, 3.63) is 63.1 Å². The van der Waals surface area contributed by atoms with Gasteiger partial charge in [-0.2, -0.15) is 0 Å². The van der Waals surface area contributed by atoms with Crippen LogP contribution in [-0.4, -0.2) is 29.0 Å². The van der Waals surface area contributed by atoms with Crippen LogP contribution in [0.25, 0.3) is 11.0 Å². The maximum Gasteiger partial charge on any atom is 0.291 e. The summed E-state index contributed by atoms with van der Waals surface area (Å²) in [5.74, 6) is -0.804. The summed E-state index contributed by atoms with van der Waals surface area (Å²) in [6.45, 7) is 1.00. The van der Waals surface area contributed by atoms with Gasteiger partial charge in [-0.05, 0) is 43.2 Å². The molecule has 1 aliphatic rings. The van der Waals surface area contributed by atoms with E-state index in [1.165, 1.54) is 12.1 Å². The average Bonchev–Trinajstić information content (AvgIpc) is 2.69. The van der Waals surface area contributed by atoms with Gasteiger partial charge in [0.1, 0.15) is 5.82 Å². The summed E-state index contributed by atoms with van der Waals surface area (Å²) < 4.78 is 14.6. The minimum Gasteiger partial charge on any atom is -0.351 e. The number of nitrogens with zero attached hydrogens (tertiary/aromatic N) is 2. The Morgan fingerprint density at radius 2 is 2.11 bits per heavy atom. The summed E-state index contributed by atoms with van der Waals surface area (Å²) in [6, 6.07) is 11.8. The minimum absolute atomic E-state index is 0.145. The Balaban J connectivity index is 1.53. The lowest BCUT2D eigenvalue weighted by Crippen LogP contribution is -2.43.